The van der Waals surface area contributed by atoms with Crippen molar-refractivity contribution in [1.82, 2.24) is 4.98 Å². The van der Waals surface area contributed by atoms with Crippen molar-refractivity contribution in [3.8, 4) is 5.75 Å². The molecule has 126 valence electrons. The third kappa shape index (κ3) is 5.96. The second-order valence-corrected chi connectivity index (χ2v) is 5.31. The van der Waals surface area contributed by atoms with Crippen LogP contribution in [0.5, 0.6) is 5.75 Å². The number of aliphatic imine (C=N–C) groups is 1. The Morgan fingerprint density at radius 3 is 2.58 bits per heavy atom. The van der Waals surface area contributed by atoms with Gasteiger partial charge in [-0.15, -0.1) is 0 Å². The summed E-state index contributed by atoms with van der Waals surface area (Å²) in [5, 5.41) is 5.60. The Bertz CT molecular complexity index is 684. The summed E-state index contributed by atoms with van der Waals surface area (Å²) >= 11 is 0. The van der Waals surface area contributed by atoms with Crippen molar-refractivity contribution in [1.29, 1.82) is 0 Å². The lowest BCUT2D eigenvalue weighted by Gasteiger charge is -2.11. The Hall–Kier alpha value is -3.09. The number of aromatic nitrogens is 1. The molecule has 2 aromatic rings. The summed E-state index contributed by atoms with van der Waals surface area (Å²) in [6, 6.07) is 10.8. The molecule has 0 bridgehead atoms. The maximum absolute atomic E-state index is 11.8. The van der Waals surface area contributed by atoms with Crippen LogP contribution in [0.1, 0.15) is 13.8 Å². The second-order valence-electron chi connectivity index (χ2n) is 5.31. The average Bonchev–Trinajstić information content (AvgIpc) is 2.55. The largest absolute Gasteiger partial charge is 0.491 e. The minimum atomic E-state index is -0.270. The Kier molecular flexibility index (Phi) is 6.13. The first kappa shape index (κ1) is 17.3. The molecule has 1 aromatic carbocycles. The van der Waals surface area contributed by atoms with Gasteiger partial charge in [-0.05, 0) is 50.2 Å². The second kappa shape index (κ2) is 8.52. The van der Waals surface area contributed by atoms with E-state index < -0.39 is 0 Å². The quantitative estimate of drug-likeness (QED) is 0.558. The minimum Gasteiger partial charge on any atom is -0.491 e. The van der Waals surface area contributed by atoms with E-state index in [0.717, 1.165) is 11.4 Å². The number of ether oxygens (including phenoxy) is 1. The topological polar surface area (TPSA) is 102 Å². The highest BCUT2D eigenvalue weighted by atomic mass is 16.5. The van der Waals surface area contributed by atoms with Crippen LogP contribution in [0.2, 0.25) is 0 Å². The standard InChI is InChI=1S/C17H21N5O2/c1-12(2)24-15-7-5-13(6-8-15)22-17(18)20-11-16(23)21-14-4-3-9-19-10-14/h3-10,12H,11H2,1-2H3,(H,21,23)(H3,18,20,22). The summed E-state index contributed by atoms with van der Waals surface area (Å²) in [5.41, 5.74) is 7.16. The predicted molar refractivity (Wildman–Crippen MR) is 95.2 cm³/mol. The molecule has 1 aromatic heterocycles. The van der Waals surface area contributed by atoms with Gasteiger partial charge in [0.2, 0.25) is 5.91 Å². The van der Waals surface area contributed by atoms with Crippen LogP contribution in [-0.4, -0.2) is 29.5 Å². The first-order valence-electron chi connectivity index (χ1n) is 7.56. The Balaban J connectivity index is 1.84. The molecule has 24 heavy (non-hydrogen) atoms. The monoisotopic (exact) mass is 327 g/mol. The first-order valence-corrected chi connectivity index (χ1v) is 7.56. The molecule has 2 rings (SSSR count). The number of rotatable bonds is 6. The van der Waals surface area contributed by atoms with E-state index in [1.165, 1.54) is 0 Å². The Labute approximate surface area is 141 Å². The van der Waals surface area contributed by atoms with Gasteiger partial charge in [0, 0.05) is 11.9 Å². The number of nitrogens with two attached hydrogens (primary N) is 1. The molecular formula is C17H21N5O2. The summed E-state index contributed by atoms with van der Waals surface area (Å²) in [6.07, 6.45) is 3.31. The van der Waals surface area contributed by atoms with E-state index in [1.54, 1.807) is 24.5 Å². The molecule has 0 spiro atoms. The van der Waals surface area contributed by atoms with Crippen LogP contribution in [0.25, 0.3) is 0 Å². The van der Waals surface area contributed by atoms with Crippen LogP contribution in [0.3, 0.4) is 0 Å². The maximum atomic E-state index is 11.8. The van der Waals surface area contributed by atoms with E-state index in [2.05, 4.69) is 20.6 Å². The zero-order chi connectivity index (χ0) is 17.4. The van der Waals surface area contributed by atoms with Crippen LogP contribution in [0.15, 0.2) is 53.8 Å². The van der Waals surface area contributed by atoms with Gasteiger partial charge in [0.25, 0.3) is 0 Å². The van der Waals surface area contributed by atoms with Gasteiger partial charge in [-0.1, -0.05) is 0 Å². The van der Waals surface area contributed by atoms with E-state index in [1.807, 2.05) is 38.1 Å². The van der Waals surface area contributed by atoms with Gasteiger partial charge < -0.3 is 21.1 Å². The van der Waals surface area contributed by atoms with E-state index >= 15 is 0 Å². The fourth-order valence-corrected chi connectivity index (χ4v) is 1.87. The van der Waals surface area contributed by atoms with Gasteiger partial charge in [0.1, 0.15) is 12.3 Å². The van der Waals surface area contributed by atoms with Crippen molar-refractivity contribution >= 4 is 23.2 Å². The smallest absolute Gasteiger partial charge is 0.246 e. The molecule has 1 heterocycles. The Morgan fingerprint density at radius 2 is 1.96 bits per heavy atom. The SMILES string of the molecule is CC(C)Oc1ccc(NC(N)=NCC(=O)Nc2cccnc2)cc1. The lowest BCUT2D eigenvalue weighted by Crippen LogP contribution is -2.25. The molecule has 0 unspecified atom stereocenters. The number of anilines is 2. The van der Waals surface area contributed by atoms with Gasteiger partial charge in [-0.2, -0.15) is 0 Å². The van der Waals surface area contributed by atoms with Crippen LogP contribution in [0.4, 0.5) is 11.4 Å². The number of hydrogen-bond donors (Lipinski definition) is 3. The fraction of sp³-hybridized carbons (Fsp3) is 0.235. The first-order chi connectivity index (χ1) is 11.5. The number of carbonyl (C=O) groups is 1. The number of guanidine groups is 1. The number of hydrogen-bond acceptors (Lipinski definition) is 4. The molecule has 7 heteroatoms. The van der Waals surface area contributed by atoms with Crippen LogP contribution < -0.4 is 21.1 Å². The number of nitrogens with one attached hydrogen (secondary N) is 2. The van der Waals surface area contributed by atoms with Gasteiger partial charge >= 0.3 is 0 Å². The van der Waals surface area contributed by atoms with Gasteiger partial charge in [-0.25, -0.2) is 4.99 Å². The molecule has 0 radical (unpaired) electrons. The van der Waals surface area contributed by atoms with E-state index in [0.29, 0.717) is 5.69 Å². The normalized spacial score (nSPS) is 11.2. The summed E-state index contributed by atoms with van der Waals surface area (Å²) < 4.78 is 5.56. The van der Waals surface area contributed by atoms with Gasteiger partial charge in [-0.3, -0.25) is 9.78 Å². The molecular weight excluding hydrogens is 306 g/mol. The van der Waals surface area contributed by atoms with Crippen molar-refractivity contribution in [2.75, 3.05) is 17.2 Å². The average molecular weight is 327 g/mol. The highest BCUT2D eigenvalue weighted by Gasteiger charge is 2.03. The van der Waals surface area contributed by atoms with Crippen LogP contribution in [0, 0.1) is 0 Å². The summed E-state index contributed by atoms with van der Waals surface area (Å²) in [4.78, 5) is 19.7. The molecule has 1 amide bonds. The summed E-state index contributed by atoms with van der Waals surface area (Å²) in [6.45, 7) is 3.85. The predicted octanol–water partition coefficient (Wildman–Crippen LogP) is 2.23. The van der Waals surface area contributed by atoms with Gasteiger partial charge in [0.15, 0.2) is 5.96 Å². The van der Waals surface area contributed by atoms with Crippen LogP contribution >= 0.6 is 0 Å². The van der Waals surface area contributed by atoms with Gasteiger partial charge in [0.05, 0.1) is 18.0 Å². The lowest BCUT2D eigenvalue weighted by atomic mass is 10.3. The van der Waals surface area contributed by atoms with Crippen molar-refractivity contribution in [3.63, 3.8) is 0 Å². The van der Waals surface area contributed by atoms with Crippen molar-refractivity contribution in [2.24, 2.45) is 10.7 Å². The highest BCUT2D eigenvalue weighted by molar-refractivity contribution is 5.96. The molecule has 0 aliphatic heterocycles. The lowest BCUT2D eigenvalue weighted by molar-refractivity contribution is -0.114. The Morgan fingerprint density at radius 1 is 1.21 bits per heavy atom. The molecule has 4 N–H and O–H groups in total. The fourth-order valence-electron chi connectivity index (χ4n) is 1.87. The van der Waals surface area contributed by atoms with Crippen molar-refractivity contribution < 1.29 is 9.53 Å². The zero-order valence-corrected chi connectivity index (χ0v) is 13.7. The molecule has 7 nitrogen and oxygen atoms in total. The third-order valence-corrected chi connectivity index (χ3v) is 2.84. The number of nitrogens with zero attached hydrogens (tertiary/aromatic N) is 2. The van der Waals surface area contributed by atoms with E-state index in [9.17, 15) is 4.79 Å². The van der Waals surface area contributed by atoms with E-state index in [-0.39, 0.29) is 24.5 Å². The van der Waals surface area contributed by atoms with E-state index in [4.69, 9.17) is 10.5 Å². The molecule has 0 aliphatic carbocycles. The molecule has 0 fully saturated rings. The zero-order valence-electron chi connectivity index (χ0n) is 13.7. The molecule has 0 saturated heterocycles. The molecule has 0 aliphatic rings. The third-order valence-electron chi connectivity index (χ3n) is 2.84. The maximum Gasteiger partial charge on any atom is 0.246 e. The summed E-state index contributed by atoms with van der Waals surface area (Å²) in [7, 11) is 0. The minimum absolute atomic E-state index is 0.0811. The van der Waals surface area contributed by atoms with Crippen LogP contribution in [-0.2, 0) is 4.79 Å². The molecule has 0 saturated carbocycles. The number of carbonyl (C=O) groups excluding carboxylic acids is 1. The number of amides is 1. The van der Waals surface area contributed by atoms with Crippen molar-refractivity contribution in [2.45, 2.75) is 20.0 Å². The molecule has 0 atom stereocenters. The highest BCUT2D eigenvalue weighted by Crippen LogP contribution is 2.16. The summed E-state index contributed by atoms with van der Waals surface area (Å²) in [5.74, 6) is 0.671. The number of benzene rings is 1. The van der Waals surface area contributed by atoms with Crippen molar-refractivity contribution in [3.05, 3.63) is 48.8 Å². The number of pyridine rings is 1.